The van der Waals surface area contributed by atoms with Crippen molar-refractivity contribution < 1.29 is 14.7 Å². The number of carboxylic acids is 1. The largest absolute Gasteiger partial charge is 0.480 e. The molecule has 0 aromatic rings. The Morgan fingerprint density at radius 3 is 2.64 bits per heavy atom. The number of carbonyl (C=O) groups is 2. The quantitative estimate of drug-likeness (QED) is 0.443. The molecule has 0 bridgehead atoms. The van der Waals surface area contributed by atoms with Gasteiger partial charge in [0, 0.05) is 6.42 Å². The summed E-state index contributed by atoms with van der Waals surface area (Å²) >= 11 is 0. The van der Waals surface area contributed by atoms with Crippen LogP contribution in [0.15, 0.2) is 5.10 Å². The second-order valence-corrected chi connectivity index (χ2v) is 2.15. The van der Waals surface area contributed by atoms with Crippen molar-refractivity contribution >= 4 is 17.6 Å². The van der Waals surface area contributed by atoms with E-state index in [0.717, 1.165) is 0 Å². The van der Waals surface area contributed by atoms with Crippen LogP contribution >= 0.6 is 0 Å². The molecule has 1 unspecified atom stereocenters. The van der Waals surface area contributed by atoms with Crippen LogP contribution in [-0.2, 0) is 9.59 Å². The molecule has 11 heavy (non-hydrogen) atoms. The lowest BCUT2D eigenvalue weighted by molar-refractivity contribution is -0.139. The van der Waals surface area contributed by atoms with Crippen LogP contribution in [0.5, 0.6) is 0 Å². The number of rotatable bonds is 2. The van der Waals surface area contributed by atoms with E-state index in [9.17, 15) is 9.59 Å². The van der Waals surface area contributed by atoms with E-state index in [2.05, 4.69) is 10.5 Å². The molecule has 0 saturated heterocycles. The number of nitrogens with one attached hydrogen (secondary N) is 1. The van der Waals surface area contributed by atoms with Gasteiger partial charge in [0.15, 0.2) is 0 Å². The summed E-state index contributed by atoms with van der Waals surface area (Å²) in [6.45, 7) is 0. The number of aliphatic carboxylic acids is 1. The van der Waals surface area contributed by atoms with Crippen LogP contribution in [0.3, 0.4) is 0 Å². The molecule has 1 rings (SSSR count). The van der Waals surface area contributed by atoms with Crippen LogP contribution in [0.4, 0.5) is 0 Å². The first-order valence-corrected chi connectivity index (χ1v) is 2.96. The van der Waals surface area contributed by atoms with Gasteiger partial charge in [-0.2, -0.15) is 5.10 Å². The van der Waals surface area contributed by atoms with Crippen molar-refractivity contribution in [3.63, 3.8) is 0 Å². The fourth-order valence-electron chi connectivity index (χ4n) is 0.739. The minimum Gasteiger partial charge on any atom is -0.480 e. The van der Waals surface area contributed by atoms with Crippen LogP contribution in [0.1, 0.15) is 6.42 Å². The second-order valence-electron chi connectivity index (χ2n) is 2.15. The van der Waals surface area contributed by atoms with Crippen LogP contribution in [0, 0.1) is 0 Å². The smallest absolute Gasteiger partial charge is 0.328 e. The highest BCUT2D eigenvalue weighted by molar-refractivity contribution is 6.39. The lowest BCUT2D eigenvalue weighted by atomic mass is 10.1. The maximum atomic E-state index is 10.4. The summed E-state index contributed by atoms with van der Waals surface area (Å²) in [5.74, 6) is -1.72. The second kappa shape index (κ2) is 2.57. The SMILES string of the molecule is NC(=O)C1=NNC(C(=O)O)C1. The number of nitrogens with two attached hydrogens (primary N) is 1. The van der Waals surface area contributed by atoms with E-state index in [-0.39, 0.29) is 12.1 Å². The van der Waals surface area contributed by atoms with Gasteiger partial charge in [-0.3, -0.25) is 10.2 Å². The predicted octanol–water partition coefficient (Wildman–Crippen LogP) is -1.73. The van der Waals surface area contributed by atoms with Crippen molar-refractivity contribution in [1.82, 2.24) is 5.43 Å². The molecule has 0 aliphatic carbocycles. The van der Waals surface area contributed by atoms with Gasteiger partial charge in [0.05, 0.1) is 0 Å². The lowest BCUT2D eigenvalue weighted by Gasteiger charge is -1.99. The topological polar surface area (TPSA) is 105 Å². The summed E-state index contributed by atoms with van der Waals surface area (Å²) in [5.41, 5.74) is 7.21. The number of carbonyl (C=O) groups excluding carboxylic acids is 1. The Balaban J connectivity index is 2.56. The number of primary amides is 1. The summed E-state index contributed by atoms with van der Waals surface area (Å²) in [6.07, 6.45) is 0.0602. The van der Waals surface area contributed by atoms with E-state index in [1.807, 2.05) is 0 Å². The minimum absolute atomic E-state index is 0.0602. The standard InChI is InChI=1S/C5H7N3O3/c6-4(9)2-1-3(5(10)11)8-7-2/h3,8H,1H2,(H2,6,9)(H,10,11). The molecule has 60 valence electrons. The molecule has 1 aliphatic heterocycles. The zero-order valence-electron chi connectivity index (χ0n) is 5.57. The van der Waals surface area contributed by atoms with E-state index in [1.165, 1.54) is 0 Å². The third-order valence-corrected chi connectivity index (χ3v) is 1.34. The molecule has 1 atom stereocenters. The van der Waals surface area contributed by atoms with Crippen molar-refractivity contribution in [2.45, 2.75) is 12.5 Å². The Kier molecular flexibility index (Phi) is 1.75. The Bertz CT molecular complexity index is 235. The molecule has 1 aliphatic rings. The van der Waals surface area contributed by atoms with Gasteiger partial charge < -0.3 is 10.8 Å². The molecule has 4 N–H and O–H groups in total. The molecule has 1 amide bonds. The van der Waals surface area contributed by atoms with Crippen LogP contribution in [-0.4, -0.2) is 28.7 Å². The van der Waals surface area contributed by atoms with E-state index < -0.39 is 17.9 Å². The molecule has 1 heterocycles. The number of hydrogen-bond donors (Lipinski definition) is 3. The molecule has 0 saturated carbocycles. The summed E-state index contributed by atoms with van der Waals surface area (Å²) < 4.78 is 0. The highest BCUT2D eigenvalue weighted by Crippen LogP contribution is 2.02. The normalized spacial score (nSPS) is 22.2. The molecule has 0 aromatic carbocycles. The van der Waals surface area contributed by atoms with Gasteiger partial charge in [-0.25, -0.2) is 4.79 Å². The summed E-state index contributed by atoms with van der Waals surface area (Å²) in [7, 11) is 0. The first-order valence-electron chi connectivity index (χ1n) is 2.96. The summed E-state index contributed by atoms with van der Waals surface area (Å²) in [4.78, 5) is 20.7. The zero-order chi connectivity index (χ0) is 8.43. The van der Waals surface area contributed by atoms with Crippen molar-refractivity contribution in [3.05, 3.63) is 0 Å². The number of hydrogen-bond acceptors (Lipinski definition) is 4. The average Bonchev–Trinajstić information content (AvgIpc) is 2.33. The first-order chi connectivity index (χ1) is 5.11. The Morgan fingerprint density at radius 1 is 1.73 bits per heavy atom. The lowest BCUT2D eigenvalue weighted by Crippen LogP contribution is -2.30. The number of carboxylic acid groups (broad SMARTS) is 1. The maximum Gasteiger partial charge on any atom is 0.328 e. The molecule has 6 nitrogen and oxygen atoms in total. The first kappa shape index (κ1) is 7.52. The molecule has 6 heteroatoms. The summed E-state index contributed by atoms with van der Waals surface area (Å²) in [6, 6.07) is -0.808. The highest BCUT2D eigenvalue weighted by atomic mass is 16.4. The van der Waals surface area contributed by atoms with E-state index in [4.69, 9.17) is 10.8 Å². The van der Waals surface area contributed by atoms with Gasteiger partial charge in [-0.1, -0.05) is 0 Å². The number of hydrazone groups is 1. The Labute approximate surface area is 62.1 Å². The van der Waals surface area contributed by atoms with Gasteiger partial charge in [0.25, 0.3) is 5.91 Å². The molecule has 0 radical (unpaired) electrons. The third kappa shape index (κ3) is 1.46. The monoisotopic (exact) mass is 157 g/mol. The average molecular weight is 157 g/mol. The molecule has 0 fully saturated rings. The Hall–Kier alpha value is -1.59. The third-order valence-electron chi connectivity index (χ3n) is 1.34. The van der Waals surface area contributed by atoms with Gasteiger partial charge in [0.2, 0.25) is 0 Å². The highest BCUT2D eigenvalue weighted by Gasteiger charge is 2.26. The fourth-order valence-corrected chi connectivity index (χ4v) is 0.739. The van der Waals surface area contributed by atoms with Gasteiger partial charge in [0.1, 0.15) is 11.8 Å². The van der Waals surface area contributed by atoms with Crippen LogP contribution in [0.2, 0.25) is 0 Å². The zero-order valence-corrected chi connectivity index (χ0v) is 5.57. The minimum atomic E-state index is -1.04. The van der Waals surface area contributed by atoms with Crippen molar-refractivity contribution in [2.24, 2.45) is 10.8 Å². The predicted molar refractivity (Wildman–Crippen MR) is 35.8 cm³/mol. The molecule has 0 spiro atoms. The van der Waals surface area contributed by atoms with Crippen molar-refractivity contribution in [2.75, 3.05) is 0 Å². The number of amides is 1. The van der Waals surface area contributed by atoms with E-state index in [1.54, 1.807) is 0 Å². The fraction of sp³-hybridized carbons (Fsp3) is 0.400. The maximum absolute atomic E-state index is 10.4. The van der Waals surface area contributed by atoms with Crippen molar-refractivity contribution in [1.29, 1.82) is 0 Å². The molecular weight excluding hydrogens is 150 g/mol. The van der Waals surface area contributed by atoms with Gasteiger partial charge in [-0.05, 0) is 0 Å². The molecular formula is C5H7N3O3. The van der Waals surface area contributed by atoms with Gasteiger partial charge >= 0.3 is 5.97 Å². The number of nitrogens with zero attached hydrogens (tertiary/aromatic N) is 1. The summed E-state index contributed by atoms with van der Waals surface area (Å²) in [5, 5.41) is 11.9. The molecule has 0 aromatic heterocycles. The van der Waals surface area contributed by atoms with E-state index in [0.29, 0.717) is 0 Å². The van der Waals surface area contributed by atoms with Crippen molar-refractivity contribution in [3.8, 4) is 0 Å². The Morgan fingerprint density at radius 2 is 2.36 bits per heavy atom. The van der Waals surface area contributed by atoms with E-state index >= 15 is 0 Å². The van der Waals surface area contributed by atoms with Crippen LogP contribution < -0.4 is 11.2 Å². The van der Waals surface area contributed by atoms with Crippen LogP contribution in [0.25, 0.3) is 0 Å². The van der Waals surface area contributed by atoms with Gasteiger partial charge in [-0.15, -0.1) is 0 Å².